The lowest BCUT2D eigenvalue weighted by molar-refractivity contribution is -0.334. The van der Waals surface area contributed by atoms with Crippen molar-refractivity contribution in [3.8, 4) is 0 Å². The molecule has 6 heteroatoms. The van der Waals surface area contributed by atoms with E-state index in [0.717, 1.165) is 16.9 Å². The van der Waals surface area contributed by atoms with Gasteiger partial charge in [-0.3, -0.25) is 0 Å². The monoisotopic (exact) mass is 274 g/mol. The van der Waals surface area contributed by atoms with Crippen LogP contribution in [0, 0.1) is 0 Å². The number of fused-ring (bicyclic) bond motifs is 10. The first kappa shape index (κ1) is 11.2. The molecule has 3 aliphatic rings. The van der Waals surface area contributed by atoms with Crippen LogP contribution in [-0.2, 0) is 20.8 Å². The SMILES string of the molecule is O[C@]12C[C@@H]([C@H]3CO[C@@H]1O3)n1c(nc3ccccc31)CO2. The molecule has 2 saturated heterocycles. The Morgan fingerprint density at radius 3 is 3.20 bits per heavy atom. The Kier molecular flexibility index (Phi) is 2.01. The number of imidazole rings is 1. The number of para-hydroxylation sites is 2. The van der Waals surface area contributed by atoms with Crippen molar-refractivity contribution in [2.75, 3.05) is 6.61 Å². The fraction of sp³-hybridized carbons (Fsp3) is 0.500. The third-order valence-electron chi connectivity index (χ3n) is 4.46. The molecular weight excluding hydrogens is 260 g/mol. The minimum absolute atomic E-state index is 0.0105. The lowest BCUT2D eigenvalue weighted by Crippen LogP contribution is -2.50. The van der Waals surface area contributed by atoms with Crippen molar-refractivity contribution < 1.29 is 19.3 Å². The summed E-state index contributed by atoms with van der Waals surface area (Å²) >= 11 is 0. The van der Waals surface area contributed by atoms with Crippen LogP contribution >= 0.6 is 0 Å². The Bertz CT molecular complexity index is 700. The highest BCUT2D eigenvalue weighted by Crippen LogP contribution is 2.45. The minimum Gasteiger partial charge on any atom is -0.361 e. The first-order valence-corrected chi connectivity index (χ1v) is 6.84. The van der Waals surface area contributed by atoms with E-state index in [1.54, 1.807) is 0 Å². The molecule has 20 heavy (non-hydrogen) atoms. The second-order valence-electron chi connectivity index (χ2n) is 5.63. The highest BCUT2D eigenvalue weighted by atomic mass is 16.8. The molecule has 2 fully saturated rings. The maximum Gasteiger partial charge on any atom is 0.220 e. The van der Waals surface area contributed by atoms with Crippen LogP contribution in [0.15, 0.2) is 24.3 Å². The van der Waals surface area contributed by atoms with Gasteiger partial charge in [-0.25, -0.2) is 4.98 Å². The summed E-state index contributed by atoms with van der Waals surface area (Å²) in [5.41, 5.74) is 1.99. The molecule has 5 rings (SSSR count). The van der Waals surface area contributed by atoms with Crippen LogP contribution < -0.4 is 0 Å². The van der Waals surface area contributed by atoms with Gasteiger partial charge in [0.25, 0.3) is 0 Å². The second-order valence-corrected chi connectivity index (χ2v) is 5.63. The molecular formula is C14H14N2O4. The number of aliphatic hydroxyl groups is 1. The fourth-order valence-corrected chi connectivity index (χ4v) is 3.53. The summed E-state index contributed by atoms with van der Waals surface area (Å²) in [4.78, 5) is 4.62. The van der Waals surface area contributed by atoms with Crippen molar-refractivity contribution in [3.63, 3.8) is 0 Å². The van der Waals surface area contributed by atoms with E-state index in [1.165, 1.54) is 0 Å². The van der Waals surface area contributed by atoms with E-state index in [-0.39, 0.29) is 18.8 Å². The second kappa shape index (κ2) is 3.59. The number of benzene rings is 1. The van der Waals surface area contributed by atoms with Gasteiger partial charge in [-0.05, 0) is 12.1 Å². The van der Waals surface area contributed by atoms with Gasteiger partial charge >= 0.3 is 0 Å². The average molecular weight is 274 g/mol. The minimum atomic E-state index is -1.38. The van der Waals surface area contributed by atoms with Crippen molar-refractivity contribution in [3.05, 3.63) is 30.1 Å². The van der Waals surface area contributed by atoms with E-state index in [0.29, 0.717) is 13.0 Å². The zero-order valence-corrected chi connectivity index (χ0v) is 10.7. The number of hydrogen-bond donors (Lipinski definition) is 1. The van der Waals surface area contributed by atoms with Gasteiger partial charge in [0, 0.05) is 6.42 Å². The Morgan fingerprint density at radius 2 is 2.25 bits per heavy atom. The molecule has 4 heterocycles. The Balaban J connectivity index is 1.75. The predicted octanol–water partition coefficient (Wildman–Crippen LogP) is 0.941. The van der Waals surface area contributed by atoms with Crippen LogP contribution in [0.3, 0.4) is 0 Å². The summed E-state index contributed by atoms with van der Waals surface area (Å²) in [5.74, 6) is -0.539. The summed E-state index contributed by atoms with van der Waals surface area (Å²) in [5, 5.41) is 10.6. The summed E-state index contributed by atoms with van der Waals surface area (Å²) in [6.07, 6.45) is -0.270. The Hall–Kier alpha value is -1.47. The highest BCUT2D eigenvalue weighted by Gasteiger charge is 2.56. The maximum absolute atomic E-state index is 10.6. The van der Waals surface area contributed by atoms with Gasteiger partial charge in [0.15, 0.2) is 0 Å². The van der Waals surface area contributed by atoms with Gasteiger partial charge in [-0.1, -0.05) is 12.1 Å². The molecule has 4 atom stereocenters. The largest absolute Gasteiger partial charge is 0.361 e. The fourth-order valence-electron chi connectivity index (χ4n) is 3.53. The summed E-state index contributed by atoms with van der Waals surface area (Å²) < 4.78 is 19.1. The maximum atomic E-state index is 10.6. The predicted molar refractivity (Wildman–Crippen MR) is 67.7 cm³/mol. The topological polar surface area (TPSA) is 65.7 Å². The van der Waals surface area contributed by atoms with Gasteiger partial charge in [0.05, 0.1) is 23.7 Å². The van der Waals surface area contributed by atoms with E-state index < -0.39 is 12.1 Å². The molecule has 0 saturated carbocycles. The molecule has 1 N–H and O–H groups in total. The third-order valence-corrected chi connectivity index (χ3v) is 4.46. The third kappa shape index (κ3) is 1.29. The Labute approximate surface area is 114 Å². The van der Waals surface area contributed by atoms with E-state index in [1.807, 2.05) is 24.3 Å². The van der Waals surface area contributed by atoms with Crippen LogP contribution in [0.4, 0.5) is 0 Å². The zero-order valence-electron chi connectivity index (χ0n) is 10.7. The smallest absolute Gasteiger partial charge is 0.220 e. The summed E-state index contributed by atoms with van der Waals surface area (Å²) in [7, 11) is 0. The van der Waals surface area contributed by atoms with Crippen molar-refractivity contribution >= 4 is 11.0 Å². The molecule has 104 valence electrons. The molecule has 0 unspecified atom stereocenters. The molecule has 0 spiro atoms. The van der Waals surface area contributed by atoms with Crippen molar-refractivity contribution in [1.29, 1.82) is 0 Å². The standard InChI is InChI=1S/C14H14N2O4/c17-14-5-10(11-6-18-13(14)20-11)16-9-4-2-1-3-8(9)15-12(16)7-19-14/h1-4,10-11,13,17H,5-7H2/t10-,11+,13+,14-/m0/s1. The van der Waals surface area contributed by atoms with Gasteiger partial charge in [0.2, 0.25) is 12.1 Å². The van der Waals surface area contributed by atoms with E-state index in [9.17, 15) is 5.11 Å². The highest BCUT2D eigenvalue weighted by molar-refractivity contribution is 5.76. The van der Waals surface area contributed by atoms with Crippen LogP contribution in [0.5, 0.6) is 0 Å². The Morgan fingerprint density at radius 1 is 1.35 bits per heavy atom. The van der Waals surface area contributed by atoms with Crippen LogP contribution in [0.2, 0.25) is 0 Å². The zero-order chi connectivity index (χ0) is 13.3. The number of nitrogens with zero attached hydrogens (tertiary/aromatic N) is 2. The number of hydrogen-bond acceptors (Lipinski definition) is 5. The lowest BCUT2D eigenvalue weighted by atomic mass is 9.98. The van der Waals surface area contributed by atoms with Crippen LogP contribution in [0.1, 0.15) is 18.3 Å². The number of ether oxygens (including phenoxy) is 3. The van der Waals surface area contributed by atoms with E-state index in [2.05, 4.69) is 9.55 Å². The molecule has 1 aromatic carbocycles. The van der Waals surface area contributed by atoms with Gasteiger partial charge < -0.3 is 23.9 Å². The molecule has 1 aromatic heterocycles. The van der Waals surface area contributed by atoms with Crippen molar-refractivity contribution in [2.24, 2.45) is 0 Å². The normalized spacial score (nSPS) is 38.8. The average Bonchev–Trinajstić information content (AvgIpc) is 3.03. The molecule has 2 aromatic rings. The van der Waals surface area contributed by atoms with E-state index >= 15 is 0 Å². The van der Waals surface area contributed by atoms with Gasteiger partial charge in [-0.15, -0.1) is 0 Å². The van der Waals surface area contributed by atoms with E-state index in [4.69, 9.17) is 14.2 Å². The molecule has 0 amide bonds. The molecule has 4 bridgehead atoms. The quantitative estimate of drug-likeness (QED) is 0.774. The summed E-state index contributed by atoms with van der Waals surface area (Å²) in [6, 6.07) is 7.98. The molecule has 3 aliphatic heterocycles. The molecule has 6 nitrogen and oxygen atoms in total. The number of aromatic nitrogens is 2. The van der Waals surface area contributed by atoms with Gasteiger partial charge in [-0.2, -0.15) is 0 Å². The summed E-state index contributed by atoms with van der Waals surface area (Å²) in [6.45, 7) is 0.741. The van der Waals surface area contributed by atoms with Crippen LogP contribution in [0.25, 0.3) is 11.0 Å². The van der Waals surface area contributed by atoms with Crippen molar-refractivity contribution in [1.82, 2.24) is 9.55 Å². The first-order chi connectivity index (χ1) is 9.74. The molecule has 0 aliphatic carbocycles. The van der Waals surface area contributed by atoms with Gasteiger partial charge in [0.1, 0.15) is 18.5 Å². The number of rotatable bonds is 0. The van der Waals surface area contributed by atoms with Crippen molar-refractivity contribution in [2.45, 2.75) is 37.3 Å². The van der Waals surface area contributed by atoms with Crippen LogP contribution in [-0.4, -0.2) is 39.4 Å². The lowest BCUT2D eigenvalue weighted by Gasteiger charge is -2.38. The molecule has 0 radical (unpaired) electrons. The first-order valence-electron chi connectivity index (χ1n) is 6.84.